The molecule has 0 saturated heterocycles. The van der Waals surface area contributed by atoms with Gasteiger partial charge in [0.1, 0.15) is 0 Å². The molecule has 0 bridgehead atoms. The number of aromatic nitrogens is 1. The van der Waals surface area contributed by atoms with Gasteiger partial charge >= 0.3 is 0 Å². The molecule has 1 atom stereocenters. The third-order valence-corrected chi connectivity index (χ3v) is 15.7. The maximum Gasteiger partial charge on any atom is 0.0626 e. The van der Waals surface area contributed by atoms with Gasteiger partial charge in [-0.3, -0.25) is 0 Å². The lowest BCUT2D eigenvalue weighted by Crippen LogP contribution is -2.30. The summed E-state index contributed by atoms with van der Waals surface area (Å²) in [5.41, 5.74) is 25.7. The first-order chi connectivity index (χ1) is 35.0. The predicted molar refractivity (Wildman–Crippen MR) is 300 cm³/mol. The summed E-state index contributed by atoms with van der Waals surface area (Å²) in [6.07, 6.45) is 9.92. The van der Waals surface area contributed by atoms with Crippen molar-refractivity contribution in [3.63, 3.8) is 0 Å². The summed E-state index contributed by atoms with van der Waals surface area (Å²) >= 11 is 0. The number of rotatable bonds is 6. The highest BCUT2D eigenvalue weighted by Gasteiger charge is 2.36. The highest BCUT2D eigenvalue weighted by Crippen LogP contribution is 2.57. The Morgan fingerprint density at radius 1 is 0.423 bits per heavy atom. The lowest BCUT2D eigenvalue weighted by Gasteiger charge is -2.34. The van der Waals surface area contributed by atoms with Crippen LogP contribution < -0.4 is 4.90 Å². The standard InChI is InChI=1S/C69H50N2/c1-69(2)61-30-16-12-26-52(61)56-39-40-57-54-28-14-18-32-63(54)71-64-33-19-15-29-55(64)60-44-49(43-59(66(60)67(56)68(57)71)53-27-13-17-31-62(53)69)46-34-37-51(38-35-46)70(50-24-10-5-11-25-50)65-41-36-48(45-20-6-3-7-21-45)42-58(65)47-22-8-4-9-23-47/h3-24,26-44,50H,25H2,1-2H3. The van der Waals surface area contributed by atoms with Crippen molar-refractivity contribution in [1.82, 2.24) is 4.57 Å². The number of nitrogens with zero attached hydrogens (tertiary/aromatic N) is 2. The van der Waals surface area contributed by atoms with Gasteiger partial charge in [-0.05, 0) is 122 Å². The van der Waals surface area contributed by atoms with Crippen LogP contribution in [0.4, 0.5) is 11.4 Å². The van der Waals surface area contributed by atoms with Crippen molar-refractivity contribution >= 4 is 33.2 Å². The van der Waals surface area contributed by atoms with Crippen molar-refractivity contribution in [2.45, 2.75) is 31.7 Å². The summed E-state index contributed by atoms with van der Waals surface area (Å²) in [5.74, 6) is 0. The molecule has 0 spiro atoms. The van der Waals surface area contributed by atoms with Crippen LogP contribution in [0.5, 0.6) is 0 Å². The first kappa shape index (κ1) is 41.3. The third-order valence-electron chi connectivity index (χ3n) is 15.7. The van der Waals surface area contributed by atoms with Gasteiger partial charge in [0.2, 0.25) is 0 Å². The number of para-hydroxylation sites is 2. The number of fused-ring (bicyclic) bond motifs is 10. The van der Waals surface area contributed by atoms with E-state index in [4.69, 9.17) is 0 Å². The summed E-state index contributed by atoms with van der Waals surface area (Å²) in [6, 6.07) is 84.3. The van der Waals surface area contributed by atoms with Gasteiger partial charge in [-0.15, -0.1) is 0 Å². The summed E-state index contributed by atoms with van der Waals surface area (Å²) in [5, 5.41) is 2.54. The van der Waals surface area contributed by atoms with Crippen LogP contribution in [0.2, 0.25) is 0 Å². The van der Waals surface area contributed by atoms with Gasteiger partial charge in [-0.1, -0.05) is 214 Å². The van der Waals surface area contributed by atoms with Crippen molar-refractivity contribution in [3.8, 4) is 83.6 Å². The van der Waals surface area contributed by atoms with E-state index in [9.17, 15) is 0 Å². The second kappa shape index (κ2) is 16.2. The summed E-state index contributed by atoms with van der Waals surface area (Å²) in [7, 11) is 0. The Kier molecular flexibility index (Phi) is 9.41. The van der Waals surface area contributed by atoms with Crippen LogP contribution in [0.25, 0.3) is 105 Å². The van der Waals surface area contributed by atoms with Gasteiger partial charge in [0, 0.05) is 49.8 Å². The van der Waals surface area contributed by atoms with E-state index in [0.717, 1.165) is 12.1 Å². The maximum absolute atomic E-state index is 2.56. The minimum absolute atomic E-state index is 0.135. The van der Waals surface area contributed by atoms with Crippen LogP contribution in [0.1, 0.15) is 31.4 Å². The molecule has 71 heavy (non-hydrogen) atoms. The van der Waals surface area contributed by atoms with E-state index >= 15 is 0 Å². The Morgan fingerprint density at radius 3 is 1.75 bits per heavy atom. The normalized spacial score (nSPS) is 14.7. The number of allylic oxidation sites excluding steroid dienone is 2. The molecule has 0 saturated carbocycles. The molecule has 1 aliphatic heterocycles. The Morgan fingerprint density at radius 2 is 1.01 bits per heavy atom. The molecule has 3 aliphatic rings. The largest absolute Gasteiger partial charge is 0.334 e. The summed E-state index contributed by atoms with van der Waals surface area (Å²) < 4.78 is 2.56. The van der Waals surface area contributed by atoms with E-state index in [1.807, 2.05) is 0 Å². The molecule has 2 heterocycles. The summed E-state index contributed by atoms with van der Waals surface area (Å²) in [6.45, 7) is 4.83. The van der Waals surface area contributed by atoms with E-state index in [2.05, 4.69) is 272 Å². The molecule has 0 radical (unpaired) electrons. The van der Waals surface area contributed by atoms with Crippen molar-refractivity contribution in [2.75, 3.05) is 4.90 Å². The van der Waals surface area contributed by atoms with Crippen LogP contribution in [-0.4, -0.2) is 10.6 Å². The number of hydrogen-bond donors (Lipinski definition) is 0. The number of benzene rings is 10. The highest BCUT2D eigenvalue weighted by molar-refractivity contribution is 6.21. The molecular formula is C69H50N2. The first-order valence-electron chi connectivity index (χ1n) is 25.0. The van der Waals surface area contributed by atoms with Crippen LogP contribution in [0, 0.1) is 0 Å². The molecule has 0 fully saturated rings. The lowest BCUT2D eigenvalue weighted by atomic mass is 9.73. The Hall–Kier alpha value is -8.72. The van der Waals surface area contributed by atoms with Crippen molar-refractivity contribution in [1.29, 1.82) is 0 Å². The molecule has 14 rings (SSSR count). The molecule has 2 nitrogen and oxygen atoms in total. The molecule has 10 aromatic carbocycles. The molecule has 1 unspecified atom stereocenters. The zero-order valence-electron chi connectivity index (χ0n) is 39.9. The maximum atomic E-state index is 2.56. The quantitative estimate of drug-likeness (QED) is 0.161. The minimum Gasteiger partial charge on any atom is -0.334 e. The molecule has 1 aromatic heterocycles. The molecule has 336 valence electrons. The molecular weight excluding hydrogens is 857 g/mol. The fraction of sp³-hybridized carbons (Fsp3) is 0.0725. The molecule has 0 N–H and O–H groups in total. The van der Waals surface area contributed by atoms with Gasteiger partial charge in [0.15, 0.2) is 0 Å². The van der Waals surface area contributed by atoms with Gasteiger partial charge in [-0.2, -0.15) is 0 Å². The van der Waals surface area contributed by atoms with E-state index in [1.54, 1.807) is 0 Å². The summed E-state index contributed by atoms with van der Waals surface area (Å²) in [4.78, 5) is 2.55. The van der Waals surface area contributed by atoms with Crippen LogP contribution in [0.15, 0.2) is 249 Å². The van der Waals surface area contributed by atoms with E-state index < -0.39 is 0 Å². The highest BCUT2D eigenvalue weighted by atomic mass is 15.2. The lowest BCUT2D eigenvalue weighted by molar-refractivity contribution is 0.645. The van der Waals surface area contributed by atoms with Crippen LogP contribution in [0.3, 0.4) is 0 Å². The SMILES string of the molecule is CC1(C)c2ccccc2-c2cc(-c3ccc(N(c4ccc(-c5ccccc5)cc4-c4ccccc4)C4C=CC=CC4)cc3)cc3c2-c2c(ccc4c5ccccc5n(c24)-c2ccccc2-3)-c2ccccc21. The molecule has 2 aliphatic carbocycles. The van der Waals surface area contributed by atoms with Crippen LogP contribution >= 0.6 is 0 Å². The van der Waals surface area contributed by atoms with Crippen molar-refractivity contribution in [3.05, 3.63) is 260 Å². The fourth-order valence-electron chi connectivity index (χ4n) is 12.3. The van der Waals surface area contributed by atoms with Gasteiger partial charge < -0.3 is 9.47 Å². The van der Waals surface area contributed by atoms with E-state index in [-0.39, 0.29) is 11.5 Å². The Balaban J connectivity index is 1.02. The van der Waals surface area contributed by atoms with E-state index in [1.165, 1.54) is 122 Å². The average Bonchev–Trinajstić information content (AvgIpc) is 3.72. The minimum atomic E-state index is -0.308. The van der Waals surface area contributed by atoms with Crippen molar-refractivity contribution < 1.29 is 0 Å². The smallest absolute Gasteiger partial charge is 0.0626 e. The number of hydrogen-bond acceptors (Lipinski definition) is 1. The Bertz CT molecular complexity index is 3980. The monoisotopic (exact) mass is 906 g/mol. The van der Waals surface area contributed by atoms with Gasteiger partial charge in [-0.25, -0.2) is 0 Å². The molecule has 11 aromatic rings. The number of anilines is 2. The zero-order valence-corrected chi connectivity index (χ0v) is 39.9. The van der Waals surface area contributed by atoms with Crippen LogP contribution in [-0.2, 0) is 5.41 Å². The van der Waals surface area contributed by atoms with Crippen molar-refractivity contribution in [2.24, 2.45) is 0 Å². The van der Waals surface area contributed by atoms with Gasteiger partial charge in [0.25, 0.3) is 0 Å². The van der Waals surface area contributed by atoms with Gasteiger partial charge in [0.05, 0.1) is 22.8 Å². The average molecular weight is 907 g/mol. The Labute approximate surface area is 415 Å². The fourth-order valence-corrected chi connectivity index (χ4v) is 12.3. The topological polar surface area (TPSA) is 8.17 Å². The predicted octanol–water partition coefficient (Wildman–Crippen LogP) is 18.4. The first-order valence-corrected chi connectivity index (χ1v) is 25.0. The third kappa shape index (κ3) is 6.41. The molecule has 0 amide bonds. The zero-order chi connectivity index (χ0) is 47.2. The van der Waals surface area contributed by atoms with E-state index in [0.29, 0.717) is 0 Å². The second-order valence-electron chi connectivity index (χ2n) is 19.9. The second-order valence-corrected chi connectivity index (χ2v) is 19.9. The molecule has 2 heteroatoms.